The molecule has 0 radical (unpaired) electrons. The van der Waals surface area contributed by atoms with Crippen molar-refractivity contribution in [3.05, 3.63) is 42.1 Å². The minimum absolute atomic E-state index is 0.677. The first-order valence-electron chi connectivity index (χ1n) is 8.19. The molecule has 1 saturated heterocycles. The molecule has 1 aromatic carbocycles. The second-order valence-electron chi connectivity index (χ2n) is 6.07. The van der Waals surface area contributed by atoms with Gasteiger partial charge in [0.25, 0.3) is 0 Å². The highest BCUT2D eigenvalue weighted by molar-refractivity contribution is 5.59. The predicted octanol–water partition coefficient (Wildman–Crippen LogP) is 4.02. The molecule has 1 unspecified atom stereocenters. The molecule has 4 nitrogen and oxygen atoms in total. The summed E-state index contributed by atoms with van der Waals surface area (Å²) in [7, 11) is 0. The van der Waals surface area contributed by atoms with Crippen molar-refractivity contribution >= 4 is 17.5 Å². The molecule has 3 rings (SSSR count). The lowest BCUT2D eigenvalue weighted by atomic mass is 10.0. The van der Waals surface area contributed by atoms with Crippen molar-refractivity contribution in [1.29, 1.82) is 0 Å². The topological polar surface area (TPSA) is 41.1 Å². The van der Waals surface area contributed by atoms with Gasteiger partial charge in [0.05, 0.1) is 0 Å². The first-order chi connectivity index (χ1) is 10.8. The minimum Gasteiger partial charge on any atom is -0.356 e. The fourth-order valence-electron chi connectivity index (χ4n) is 3.05. The third-order valence-corrected chi connectivity index (χ3v) is 4.27. The number of nitrogens with zero attached hydrogens (tertiary/aromatic N) is 3. The van der Waals surface area contributed by atoms with Gasteiger partial charge in [0, 0.05) is 25.0 Å². The van der Waals surface area contributed by atoms with Crippen molar-refractivity contribution in [1.82, 2.24) is 9.97 Å². The van der Waals surface area contributed by atoms with Gasteiger partial charge in [-0.2, -0.15) is 4.98 Å². The van der Waals surface area contributed by atoms with Gasteiger partial charge in [-0.25, -0.2) is 4.98 Å². The maximum absolute atomic E-state index is 4.71. The van der Waals surface area contributed by atoms with Crippen LogP contribution in [-0.4, -0.2) is 23.1 Å². The number of aromatic nitrogens is 2. The molecule has 1 aliphatic rings. The highest BCUT2D eigenvalue weighted by atomic mass is 15.2. The van der Waals surface area contributed by atoms with Crippen LogP contribution < -0.4 is 10.2 Å². The van der Waals surface area contributed by atoms with Crippen LogP contribution in [0.2, 0.25) is 0 Å². The Morgan fingerprint density at radius 2 is 2.14 bits per heavy atom. The monoisotopic (exact) mass is 296 g/mol. The highest BCUT2D eigenvalue weighted by Crippen LogP contribution is 2.23. The molecule has 2 heterocycles. The Balaban J connectivity index is 1.79. The van der Waals surface area contributed by atoms with E-state index in [0.29, 0.717) is 5.95 Å². The van der Waals surface area contributed by atoms with Crippen LogP contribution >= 0.6 is 0 Å². The third kappa shape index (κ3) is 3.38. The molecule has 116 valence electrons. The Morgan fingerprint density at radius 3 is 2.95 bits per heavy atom. The van der Waals surface area contributed by atoms with Gasteiger partial charge in [0.15, 0.2) is 0 Å². The maximum atomic E-state index is 4.71. The van der Waals surface area contributed by atoms with Crippen LogP contribution in [-0.2, 0) is 6.42 Å². The minimum atomic E-state index is 0.677. The second kappa shape index (κ2) is 6.77. The molecule has 22 heavy (non-hydrogen) atoms. The summed E-state index contributed by atoms with van der Waals surface area (Å²) in [5.41, 5.74) is 2.37. The van der Waals surface area contributed by atoms with E-state index in [1.165, 1.54) is 18.4 Å². The molecule has 1 atom stereocenters. The van der Waals surface area contributed by atoms with E-state index in [1.54, 1.807) is 0 Å². The Bertz CT molecular complexity index is 626. The second-order valence-corrected chi connectivity index (χ2v) is 6.07. The fourth-order valence-corrected chi connectivity index (χ4v) is 3.05. The average molecular weight is 296 g/mol. The molecule has 0 amide bonds. The number of para-hydroxylation sites is 1. The molecular weight excluding hydrogens is 272 g/mol. The summed E-state index contributed by atoms with van der Waals surface area (Å²) in [6.07, 6.45) is 5.40. The lowest BCUT2D eigenvalue weighted by Crippen LogP contribution is -2.34. The Hall–Kier alpha value is -2.10. The number of rotatable bonds is 4. The number of hydrogen-bond donors (Lipinski definition) is 1. The number of piperidine rings is 1. The first-order valence-corrected chi connectivity index (χ1v) is 8.19. The summed E-state index contributed by atoms with van der Waals surface area (Å²) in [5.74, 6) is 2.44. The summed E-state index contributed by atoms with van der Waals surface area (Å²) in [5, 5.41) is 3.37. The van der Waals surface area contributed by atoms with Crippen LogP contribution in [0.1, 0.15) is 32.3 Å². The number of benzene rings is 1. The lowest BCUT2D eigenvalue weighted by molar-refractivity contribution is 0.444. The Labute approximate surface area is 132 Å². The molecule has 0 bridgehead atoms. The van der Waals surface area contributed by atoms with Crippen molar-refractivity contribution in [2.45, 2.75) is 33.1 Å². The van der Waals surface area contributed by atoms with Crippen LogP contribution in [0.25, 0.3) is 0 Å². The molecule has 1 N–H and O–H groups in total. The zero-order valence-electron chi connectivity index (χ0n) is 13.4. The lowest BCUT2D eigenvalue weighted by Gasteiger charge is -2.31. The quantitative estimate of drug-likeness (QED) is 0.925. The van der Waals surface area contributed by atoms with Crippen LogP contribution in [0.4, 0.5) is 17.5 Å². The van der Waals surface area contributed by atoms with Crippen molar-refractivity contribution < 1.29 is 0 Å². The molecule has 0 saturated carbocycles. The van der Waals surface area contributed by atoms with Gasteiger partial charge in [-0.3, -0.25) is 0 Å². The molecular formula is C18H24N4. The zero-order valence-corrected chi connectivity index (χ0v) is 13.4. The third-order valence-electron chi connectivity index (χ3n) is 4.27. The van der Waals surface area contributed by atoms with Crippen LogP contribution in [0.5, 0.6) is 0 Å². The van der Waals surface area contributed by atoms with E-state index in [9.17, 15) is 0 Å². The summed E-state index contributed by atoms with van der Waals surface area (Å²) in [4.78, 5) is 11.4. The van der Waals surface area contributed by atoms with Crippen LogP contribution in [0, 0.1) is 5.92 Å². The average Bonchev–Trinajstić information content (AvgIpc) is 2.56. The van der Waals surface area contributed by atoms with Crippen molar-refractivity contribution in [2.75, 3.05) is 23.3 Å². The number of aryl methyl sites for hydroxylation is 1. The van der Waals surface area contributed by atoms with Crippen LogP contribution in [0.15, 0.2) is 36.5 Å². The van der Waals surface area contributed by atoms with Gasteiger partial charge in [-0.1, -0.05) is 32.0 Å². The highest BCUT2D eigenvalue weighted by Gasteiger charge is 2.18. The molecule has 2 aromatic rings. The molecule has 0 spiro atoms. The van der Waals surface area contributed by atoms with E-state index in [2.05, 4.69) is 47.2 Å². The summed E-state index contributed by atoms with van der Waals surface area (Å²) >= 11 is 0. The Kier molecular flexibility index (Phi) is 4.56. The van der Waals surface area contributed by atoms with E-state index in [0.717, 1.165) is 36.9 Å². The zero-order chi connectivity index (χ0) is 15.4. The molecule has 1 fully saturated rings. The van der Waals surface area contributed by atoms with E-state index in [-0.39, 0.29) is 0 Å². The molecule has 0 aliphatic carbocycles. The maximum Gasteiger partial charge on any atom is 0.229 e. The van der Waals surface area contributed by atoms with Gasteiger partial charge >= 0.3 is 0 Å². The number of hydrogen-bond acceptors (Lipinski definition) is 4. The summed E-state index contributed by atoms with van der Waals surface area (Å²) < 4.78 is 0. The molecule has 4 heteroatoms. The van der Waals surface area contributed by atoms with Crippen molar-refractivity contribution in [3.63, 3.8) is 0 Å². The largest absolute Gasteiger partial charge is 0.356 e. The molecule has 1 aromatic heterocycles. The SMILES string of the molecule is CCc1ccccc1Nc1nccc(N2CCCC(C)C2)n1. The number of anilines is 3. The van der Waals surface area contributed by atoms with Gasteiger partial charge in [0.1, 0.15) is 5.82 Å². The fraction of sp³-hybridized carbons (Fsp3) is 0.444. The summed E-state index contributed by atoms with van der Waals surface area (Å²) in [6.45, 7) is 6.64. The van der Waals surface area contributed by atoms with E-state index in [1.807, 2.05) is 18.3 Å². The van der Waals surface area contributed by atoms with E-state index in [4.69, 9.17) is 4.98 Å². The van der Waals surface area contributed by atoms with Gasteiger partial charge in [-0.05, 0) is 42.9 Å². The normalized spacial score (nSPS) is 18.3. The van der Waals surface area contributed by atoms with E-state index < -0.39 is 0 Å². The van der Waals surface area contributed by atoms with E-state index >= 15 is 0 Å². The first kappa shape index (κ1) is 14.8. The van der Waals surface area contributed by atoms with Crippen molar-refractivity contribution in [3.8, 4) is 0 Å². The van der Waals surface area contributed by atoms with Gasteiger partial charge < -0.3 is 10.2 Å². The number of nitrogens with one attached hydrogen (secondary N) is 1. The van der Waals surface area contributed by atoms with Gasteiger partial charge in [0.2, 0.25) is 5.95 Å². The standard InChI is InChI=1S/C18H24N4/c1-3-15-8-4-5-9-16(15)20-18-19-11-10-17(21-18)22-12-6-7-14(2)13-22/h4-5,8-11,14H,3,6-7,12-13H2,1-2H3,(H,19,20,21). The predicted molar refractivity (Wildman–Crippen MR) is 91.7 cm³/mol. The Morgan fingerprint density at radius 1 is 1.27 bits per heavy atom. The van der Waals surface area contributed by atoms with Crippen LogP contribution in [0.3, 0.4) is 0 Å². The summed E-state index contributed by atoms with van der Waals surface area (Å²) in [6, 6.07) is 10.3. The van der Waals surface area contributed by atoms with Crippen molar-refractivity contribution in [2.24, 2.45) is 5.92 Å². The smallest absolute Gasteiger partial charge is 0.229 e. The molecule has 1 aliphatic heterocycles. The van der Waals surface area contributed by atoms with Gasteiger partial charge in [-0.15, -0.1) is 0 Å².